The molecule has 28 heavy (non-hydrogen) atoms. The topological polar surface area (TPSA) is 90.5 Å². The summed E-state index contributed by atoms with van der Waals surface area (Å²) in [7, 11) is 0. The zero-order valence-corrected chi connectivity index (χ0v) is 15.3. The Kier molecular flexibility index (Phi) is 4.06. The van der Waals surface area contributed by atoms with E-state index in [9.17, 15) is 5.26 Å². The molecule has 1 aliphatic rings. The number of nitrogens with zero attached hydrogens (tertiary/aromatic N) is 3. The van der Waals surface area contributed by atoms with Gasteiger partial charge in [0, 0.05) is 11.1 Å². The van der Waals surface area contributed by atoms with E-state index in [4.69, 9.17) is 4.42 Å². The van der Waals surface area contributed by atoms with E-state index in [1.807, 2.05) is 18.2 Å². The third-order valence-electron chi connectivity index (χ3n) is 5.41. The van der Waals surface area contributed by atoms with Crippen molar-refractivity contribution in [3.8, 4) is 17.5 Å². The van der Waals surface area contributed by atoms with Crippen LogP contribution in [-0.4, -0.2) is 15.2 Å². The number of hydrogen-bond donors (Lipinski definition) is 2. The Labute approximate surface area is 162 Å². The zero-order valence-electron chi connectivity index (χ0n) is 15.3. The second-order valence-electron chi connectivity index (χ2n) is 7.17. The number of nitrogens with one attached hydrogen (secondary N) is 2. The fourth-order valence-electron chi connectivity index (χ4n) is 4.03. The van der Waals surface area contributed by atoms with Gasteiger partial charge in [-0.25, -0.2) is 4.98 Å². The van der Waals surface area contributed by atoms with E-state index in [1.165, 1.54) is 17.5 Å². The van der Waals surface area contributed by atoms with Gasteiger partial charge in [-0.2, -0.15) is 10.4 Å². The van der Waals surface area contributed by atoms with E-state index in [-0.39, 0.29) is 6.04 Å². The molecule has 2 aromatic carbocycles. The number of hydrogen-bond acceptors (Lipinski definition) is 5. The third kappa shape index (κ3) is 2.91. The summed E-state index contributed by atoms with van der Waals surface area (Å²) in [5.74, 6) is 0.646. The van der Waals surface area contributed by atoms with E-state index in [0.29, 0.717) is 5.76 Å². The number of aromatic nitrogens is 3. The number of fused-ring (bicyclic) bond motifs is 2. The summed E-state index contributed by atoms with van der Waals surface area (Å²) in [5, 5.41) is 21.3. The molecule has 2 heterocycles. The molecule has 0 saturated carbocycles. The summed E-state index contributed by atoms with van der Waals surface area (Å²) in [4.78, 5) is 3.99. The lowest BCUT2D eigenvalue weighted by Gasteiger charge is -2.21. The Morgan fingerprint density at radius 3 is 3.00 bits per heavy atom. The molecule has 0 spiro atoms. The van der Waals surface area contributed by atoms with Crippen LogP contribution in [0.3, 0.4) is 0 Å². The quantitative estimate of drug-likeness (QED) is 0.498. The van der Waals surface area contributed by atoms with Crippen LogP contribution in [0.2, 0.25) is 0 Å². The van der Waals surface area contributed by atoms with E-state index >= 15 is 0 Å². The van der Waals surface area contributed by atoms with Crippen LogP contribution in [0.4, 0.5) is 5.69 Å². The molecule has 0 saturated heterocycles. The standard InChI is InChI=1S/C22H19N5O/c23-11-14-5-7-17-15(9-14)3-1-2-4-19(17)25-16-6-8-20-18(10-16)22(27-26-20)21-12-24-13-28-21/h5-10,12-13,19,25H,1-4H2,(H,26,27). The molecule has 0 radical (unpaired) electrons. The van der Waals surface area contributed by atoms with Crippen LogP contribution >= 0.6 is 0 Å². The summed E-state index contributed by atoms with van der Waals surface area (Å²) < 4.78 is 5.42. The van der Waals surface area contributed by atoms with Crippen molar-refractivity contribution in [3.05, 3.63) is 65.7 Å². The highest BCUT2D eigenvalue weighted by atomic mass is 16.3. The van der Waals surface area contributed by atoms with Crippen LogP contribution in [0.5, 0.6) is 0 Å². The summed E-state index contributed by atoms with van der Waals surface area (Å²) in [6.45, 7) is 0. The van der Waals surface area contributed by atoms with Crippen LogP contribution in [0.15, 0.2) is 53.4 Å². The van der Waals surface area contributed by atoms with Gasteiger partial charge in [0.05, 0.1) is 29.4 Å². The first-order valence-corrected chi connectivity index (χ1v) is 9.48. The number of H-pyrrole nitrogens is 1. The Bertz CT molecular complexity index is 1170. The highest BCUT2D eigenvalue weighted by molar-refractivity contribution is 5.93. The number of anilines is 1. The third-order valence-corrected chi connectivity index (χ3v) is 5.41. The van der Waals surface area contributed by atoms with Crippen molar-refractivity contribution in [1.82, 2.24) is 15.2 Å². The van der Waals surface area contributed by atoms with Crippen molar-refractivity contribution >= 4 is 16.6 Å². The van der Waals surface area contributed by atoms with Crippen molar-refractivity contribution in [2.24, 2.45) is 0 Å². The lowest BCUT2D eigenvalue weighted by molar-refractivity contribution is 0.570. The largest absolute Gasteiger partial charge is 0.442 e. The zero-order chi connectivity index (χ0) is 18.9. The summed E-state index contributed by atoms with van der Waals surface area (Å²) in [6, 6.07) is 14.7. The number of aryl methyl sites for hydroxylation is 1. The molecule has 1 aliphatic carbocycles. The van der Waals surface area contributed by atoms with E-state index in [2.05, 4.69) is 44.8 Å². The Balaban J connectivity index is 1.50. The van der Waals surface area contributed by atoms with Crippen LogP contribution in [0.1, 0.15) is 42.0 Å². The Morgan fingerprint density at radius 1 is 1.18 bits per heavy atom. The molecule has 0 bridgehead atoms. The first-order chi connectivity index (χ1) is 13.8. The van der Waals surface area contributed by atoms with Crippen molar-refractivity contribution in [3.63, 3.8) is 0 Å². The number of rotatable bonds is 3. The molecular formula is C22H19N5O. The van der Waals surface area contributed by atoms with Crippen molar-refractivity contribution in [2.75, 3.05) is 5.32 Å². The van der Waals surface area contributed by atoms with Crippen LogP contribution < -0.4 is 5.32 Å². The average molecular weight is 369 g/mol. The van der Waals surface area contributed by atoms with Crippen LogP contribution in [0.25, 0.3) is 22.4 Å². The van der Waals surface area contributed by atoms with E-state index < -0.39 is 0 Å². The predicted octanol–water partition coefficient (Wildman–Crippen LogP) is 4.97. The van der Waals surface area contributed by atoms with E-state index in [1.54, 1.807) is 6.20 Å². The van der Waals surface area contributed by atoms with Crippen molar-refractivity contribution in [2.45, 2.75) is 31.7 Å². The van der Waals surface area contributed by atoms with Gasteiger partial charge >= 0.3 is 0 Å². The molecule has 1 atom stereocenters. The molecule has 0 amide bonds. The van der Waals surface area contributed by atoms with Gasteiger partial charge in [-0.15, -0.1) is 0 Å². The molecular weight excluding hydrogens is 350 g/mol. The molecule has 6 nitrogen and oxygen atoms in total. The second-order valence-corrected chi connectivity index (χ2v) is 7.17. The van der Waals surface area contributed by atoms with Crippen molar-refractivity contribution in [1.29, 1.82) is 5.26 Å². The molecule has 5 rings (SSSR count). The lowest BCUT2D eigenvalue weighted by atomic mass is 9.96. The highest BCUT2D eigenvalue weighted by Crippen LogP contribution is 2.34. The van der Waals surface area contributed by atoms with Gasteiger partial charge in [0.1, 0.15) is 5.69 Å². The fourth-order valence-corrected chi connectivity index (χ4v) is 4.03. The van der Waals surface area contributed by atoms with Gasteiger partial charge < -0.3 is 9.73 Å². The number of benzene rings is 2. The van der Waals surface area contributed by atoms with Crippen molar-refractivity contribution < 1.29 is 4.42 Å². The number of oxazole rings is 1. The molecule has 138 valence electrons. The monoisotopic (exact) mass is 369 g/mol. The molecule has 2 N–H and O–H groups in total. The average Bonchev–Trinajstić information content (AvgIpc) is 3.35. The minimum atomic E-state index is 0.225. The lowest BCUT2D eigenvalue weighted by Crippen LogP contribution is -2.11. The van der Waals surface area contributed by atoms with Crippen LogP contribution in [-0.2, 0) is 6.42 Å². The molecule has 0 aliphatic heterocycles. The second kappa shape index (κ2) is 6.86. The maximum atomic E-state index is 9.21. The van der Waals surface area contributed by atoms with Gasteiger partial charge in [-0.3, -0.25) is 5.10 Å². The molecule has 0 fully saturated rings. The molecule has 6 heteroatoms. The first kappa shape index (κ1) is 16.6. The number of nitriles is 1. The summed E-state index contributed by atoms with van der Waals surface area (Å²) in [6.07, 6.45) is 7.48. The SMILES string of the molecule is N#Cc1ccc2c(c1)CCCCC2Nc1ccc2[nH]nc(-c3cnco3)c2c1. The summed E-state index contributed by atoms with van der Waals surface area (Å²) in [5.41, 5.74) is 6.06. The van der Waals surface area contributed by atoms with Gasteiger partial charge in [0.15, 0.2) is 12.2 Å². The normalized spacial score (nSPS) is 16.3. The Morgan fingerprint density at radius 2 is 2.14 bits per heavy atom. The Hall–Kier alpha value is -3.59. The van der Waals surface area contributed by atoms with Gasteiger partial charge in [-0.1, -0.05) is 12.5 Å². The van der Waals surface area contributed by atoms with Gasteiger partial charge in [-0.05, 0) is 60.7 Å². The molecule has 4 aromatic rings. The van der Waals surface area contributed by atoms with Gasteiger partial charge in [0.25, 0.3) is 0 Å². The number of aromatic amines is 1. The minimum Gasteiger partial charge on any atom is -0.442 e. The molecule has 1 unspecified atom stereocenters. The first-order valence-electron chi connectivity index (χ1n) is 9.48. The van der Waals surface area contributed by atoms with Crippen LogP contribution in [0, 0.1) is 11.3 Å². The molecule has 2 aromatic heterocycles. The highest BCUT2D eigenvalue weighted by Gasteiger charge is 2.20. The van der Waals surface area contributed by atoms with E-state index in [0.717, 1.165) is 53.5 Å². The fraction of sp³-hybridized carbons (Fsp3) is 0.227. The maximum Gasteiger partial charge on any atom is 0.181 e. The maximum absolute atomic E-state index is 9.21. The smallest absolute Gasteiger partial charge is 0.181 e. The minimum absolute atomic E-state index is 0.225. The predicted molar refractivity (Wildman–Crippen MR) is 107 cm³/mol. The van der Waals surface area contributed by atoms with Gasteiger partial charge in [0.2, 0.25) is 0 Å². The summed E-state index contributed by atoms with van der Waals surface area (Å²) >= 11 is 0.